The zero-order valence-corrected chi connectivity index (χ0v) is 15.6. The molecule has 4 rings (SSSR count). The van der Waals surface area contributed by atoms with Gasteiger partial charge in [-0.15, -0.1) is 0 Å². The Kier molecular flexibility index (Phi) is 5.23. The molecule has 0 aliphatic carbocycles. The molecular formula is C19H28N6O. The van der Waals surface area contributed by atoms with Crippen LogP contribution in [0.15, 0.2) is 0 Å². The van der Waals surface area contributed by atoms with Gasteiger partial charge in [-0.2, -0.15) is 9.97 Å². The highest BCUT2D eigenvalue weighted by atomic mass is 16.5. The lowest BCUT2D eigenvalue weighted by atomic mass is 9.98. The molecule has 0 unspecified atom stereocenters. The van der Waals surface area contributed by atoms with E-state index in [9.17, 15) is 0 Å². The second kappa shape index (κ2) is 7.77. The van der Waals surface area contributed by atoms with E-state index in [1.54, 1.807) is 0 Å². The number of nitrogens with zero attached hydrogens (tertiary/aromatic N) is 5. The summed E-state index contributed by atoms with van der Waals surface area (Å²) in [4.78, 5) is 17.8. The molecule has 0 amide bonds. The Labute approximate surface area is 155 Å². The minimum absolute atomic E-state index is 0.442. The van der Waals surface area contributed by atoms with Gasteiger partial charge in [-0.05, 0) is 39.3 Å². The van der Waals surface area contributed by atoms with Crippen molar-refractivity contribution < 1.29 is 4.74 Å². The van der Waals surface area contributed by atoms with Crippen LogP contribution < -0.4 is 15.0 Å². The van der Waals surface area contributed by atoms with Crippen LogP contribution in [-0.2, 0) is 13.1 Å². The monoisotopic (exact) mass is 356 g/mol. The van der Waals surface area contributed by atoms with Crippen molar-refractivity contribution in [2.75, 3.05) is 44.7 Å². The third-order valence-corrected chi connectivity index (χ3v) is 5.89. The van der Waals surface area contributed by atoms with Gasteiger partial charge >= 0.3 is 6.01 Å². The molecule has 0 bridgehead atoms. The number of hydrogen-bond acceptors (Lipinski definition) is 6. The molecule has 2 atom stereocenters. The molecule has 3 aliphatic heterocycles. The van der Waals surface area contributed by atoms with Crippen LogP contribution in [0.2, 0.25) is 0 Å². The molecule has 0 spiro atoms. The second-order valence-electron chi connectivity index (χ2n) is 7.74. The van der Waals surface area contributed by atoms with Gasteiger partial charge in [0.1, 0.15) is 12.4 Å². The number of fused-ring (bicyclic) bond motifs is 1. The minimum Gasteiger partial charge on any atom is -0.462 e. The zero-order chi connectivity index (χ0) is 17.9. The fourth-order valence-corrected chi connectivity index (χ4v) is 4.35. The molecular weight excluding hydrogens is 328 g/mol. The molecule has 1 aromatic heterocycles. The Hall–Kier alpha value is -1.91. The first kappa shape index (κ1) is 17.5. The fraction of sp³-hybridized carbons (Fsp3) is 0.737. The highest BCUT2D eigenvalue weighted by Crippen LogP contribution is 2.30. The van der Waals surface area contributed by atoms with Crippen LogP contribution in [0.4, 0.5) is 5.82 Å². The van der Waals surface area contributed by atoms with E-state index in [2.05, 4.69) is 32.0 Å². The Morgan fingerprint density at radius 3 is 2.92 bits per heavy atom. The summed E-state index contributed by atoms with van der Waals surface area (Å²) in [5.74, 6) is 1.46. The molecule has 0 aromatic carbocycles. The van der Waals surface area contributed by atoms with Gasteiger partial charge in [0.15, 0.2) is 0 Å². The van der Waals surface area contributed by atoms with E-state index < -0.39 is 0 Å². The molecule has 3 aliphatic rings. The number of likely N-dealkylation sites (tertiary alicyclic amines) is 1. The molecule has 1 N–H and O–H groups in total. The third-order valence-electron chi connectivity index (χ3n) is 5.89. The van der Waals surface area contributed by atoms with Crippen LogP contribution in [-0.4, -0.2) is 60.7 Å². The maximum Gasteiger partial charge on any atom is 0.318 e. The quantitative estimate of drug-likeness (QED) is 0.811. The fourth-order valence-electron chi connectivity index (χ4n) is 4.35. The highest BCUT2D eigenvalue weighted by Gasteiger charge is 2.29. The van der Waals surface area contributed by atoms with Crippen molar-refractivity contribution in [1.82, 2.24) is 20.2 Å². The molecule has 7 nitrogen and oxygen atoms in total. The van der Waals surface area contributed by atoms with Gasteiger partial charge in [0, 0.05) is 43.7 Å². The van der Waals surface area contributed by atoms with Crippen LogP contribution in [0.3, 0.4) is 0 Å². The molecule has 2 fully saturated rings. The van der Waals surface area contributed by atoms with Crippen molar-refractivity contribution in [2.45, 2.75) is 44.8 Å². The largest absolute Gasteiger partial charge is 0.462 e. The predicted molar refractivity (Wildman–Crippen MR) is 100 cm³/mol. The standard InChI is InChI=1S/C19H28N6O/c1-20-9-14-5-3-8-25(12-14)18-16-10-21-11-17(16)22-19(23-18)26-13-15-6-4-7-24(15)2/h14-15,21H,3-13H2,2H3/t14-,15-/m0/s1. The van der Waals surface area contributed by atoms with Crippen molar-refractivity contribution in [3.63, 3.8) is 0 Å². The van der Waals surface area contributed by atoms with Gasteiger partial charge in [-0.25, -0.2) is 6.57 Å². The summed E-state index contributed by atoms with van der Waals surface area (Å²) in [6.07, 6.45) is 4.68. The normalized spacial score (nSPS) is 25.9. The summed E-state index contributed by atoms with van der Waals surface area (Å²) in [5.41, 5.74) is 2.27. The maximum atomic E-state index is 7.17. The third kappa shape index (κ3) is 3.62. The molecule has 2 saturated heterocycles. The average molecular weight is 356 g/mol. The van der Waals surface area contributed by atoms with E-state index in [1.807, 2.05) is 0 Å². The van der Waals surface area contributed by atoms with Gasteiger partial charge in [0.2, 0.25) is 6.54 Å². The summed E-state index contributed by atoms with van der Waals surface area (Å²) in [6.45, 7) is 13.1. The van der Waals surface area contributed by atoms with Gasteiger partial charge < -0.3 is 24.7 Å². The molecule has 140 valence electrons. The number of rotatable bonds is 5. The SMILES string of the molecule is [C-]#[N+]C[C@@H]1CCCN(c2nc(OC[C@@H]3CCCN3C)nc3c2CNC3)C1. The Morgan fingerprint density at radius 2 is 2.12 bits per heavy atom. The Bertz CT molecular complexity index is 687. The molecule has 0 radical (unpaired) electrons. The number of nitrogens with one attached hydrogen (secondary N) is 1. The second-order valence-corrected chi connectivity index (χ2v) is 7.74. The lowest BCUT2D eigenvalue weighted by Gasteiger charge is -2.32. The first-order chi connectivity index (χ1) is 12.7. The summed E-state index contributed by atoms with van der Waals surface area (Å²) < 4.78 is 6.02. The number of ether oxygens (including phenoxy) is 1. The number of anilines is 1. The Balaban J connectivity index is 1.52. The van der Waals surface area contributed by atoms with Crippen LogP contribution >= 0.6 is 0 Å². The minimum atomic E-state index is 0.442. The zero-order valence-electron chi connectivity index (χ0n) is 15.6. The Morgan fingerprint density at radius 1 is 1.23 bits per heavy atom. The van der Waals surface area contributed by atoms with Gasteiger partial charge in [0.25, 0.3) is 0 Å². The molecule has 0 saturated carbocycles. The van der Waals surface area contributed by atoms with Crippen molar-refractivity contribution in [3.8, 4) is 6.01 Å². The predicted octanol–water partition coefficient (Wildman–Crippen LogP) is 1.69. The average Bonchev–Trinajstić information content (AvgIpc) is 3.28. The number of hydrogen-bond donors (Lipinski definition) is 1. The summed E-state index contributed by atoms with van der Waals surface area (Å²) in [5, 5.41) is 3.39. The molecule has 1 aromatic rings. The lowest BCUT2D eigenvalue weighted by Crippen LogP contribution is -2.37. The number of likely N-dealkylation sites (N-methyl/N-ethyl adjacent to an activating group) is 1. The van der Waals surface area contributed by atoms with Crippen LogP contribution in [0.25, 0.3) is 4.85 Å². The lowest BCUT2D eigenvalue weighted by molar-refractivity contribution is 0.187. The first-order valence-corrected chi connectivity index (χ1v) is 9.76. The van der Waals surface area contributed by atoms with E-state index in [4.69, 9.17) is 16.3 Å². The van der Waals surface area contributed by atoms with Gasteiger partial charge in [-0.3, -0.25) is 0 Å². The van der Waals surface area contributed by atoms with Gasteiger partial charge in [-0.1, -0.05) is 0 Å². The van der Waals surface area contributed by atoms with E-state index >= 15 is 0 Å². The summed E-state index contributed by atoms with van der Waals surface area (Å²) in [6, 6.07) is 0.974. The maximum absolute atomic E-state index is 7.17. The van der Waals surface area contributed by atoms with Crippen LogP contribution in [0.1, 0.15) is 36.9 Å². The summed E-state index contributed by atoms with van der Waals surface area (Å²) in [7, 11) is 2.16. The van der Waals surface area contributed by atoms with Crippen molar-refractivity contribution >= 4 is 5.82 Å². The summed E-state index contributed by atoms with van der Waals surface area (Å²) >= 11 is 0. The van der Waals surface area contributed by atoms with Crippen molar-refractivity contribution in [3.05, 3.63) is 22.7 Å². The highest BCUT2D eigenvalue weighted by molar-refractivity contribution is 5.52. The first-order valence-electron chi connectivity index (χ1n) is 9.76. The topological polar surface area (TPSA) is 57.9 Å². The molecule has 26 heavy (non-hydrogen) atoms. The molecule has 4 heterocycles. The smallest absolute Gasteiger partial charge is 0.318 e. The van der Waals surface area contributed by atoms with E-state index in [-0.39, 0.29) is 0 Å². The van der Waals surface area contributed by atoms with E-state index in [1.165, 1.54) is 18.4 Å². The van der Waals surface area contributed by atoms with Gasteiger partial charge in [0.05, 0.1) is 5.69 Å². The van der Waals surface area contributed by atoms with Crippen LogP contribution in [0, 0.1) is 12.5 Å². The van der Waals surface area contributed by atoms with Crippen molar-refractivity contribution in [1.29, 1.82) is 0 Å². The van der Waals surface area contributed by atoms with E-state index in [0.29, 0.717) is 31.1 Å². The van der Waals surface area contributed by atoms with Crippen molar-refractivity contribution in [2.24, 2.45) is 5.92 Å². The van der Waals surface area contributed by atoms with E-state index in [0.717, 1.165) is 57.1 Å². The van der Waals surface area contributed by atoms with Crippen LogP contribution in [0.5, 0.6) is 6.01 Å². The number of aromatic nitrogens is 2. The molecule has 7 heteroatoms. The number of piperidine rings is 1.